The Morgan fingerprint density at radius 2 is 1.32 bits per heavy atom. The third-order valence-electron chi connectivity index (χ3n) is 3.54. The Balaban J connectivity index is 2.50. The molecule has 0 amide bonds. The van der Waals surface area contributed by atoms with E-state index >= 15 is 0 Å². The molecule has 0 N–H and O–H groups in total. The Hall–Kier alpha value is -2.15. The van der Waals surface area contributed by atoms with Gasteiger partial charge in [0.05, 0.1) is 0 Å². The van der Waals surface area contributed by atoms with Gasteiger partial charge in [0.1, 0.15) is 0 Å². The number of fused-ring (bicyclic) bond motifs is 2. The van der Waals surface area contributed by atoms with Crippen molar-refractivity contribution >= 4 is 27.3 Å². The fourth-order valence-electron chi connectivity index (χ4n) is 2.57. The van der Waals surface area contributed by atoms with E-state index in [1.807, 2.05) is 50.2 Å². The summed E-state index contributed by atoms with van der Waals surface area (Å²) in [7, 11) is 0. The van der Waals surface area contributed by atoms with Crippen LogP contribution in [0, 0.1) is 5.92 Å². The number of hydrogen-bond acceptors (Lipinski definition) is 1. The lowest BCUT2D eigenvalue weighted by molar-refractivity contribution is 0.0942. The molecule has 3 aromatic rings. The topological polar surface area (TPSA) is 17.1 Å². The average Bonchev–Trinajstić information content (AvgIpc) is 2.43. The molecule has 94 valence electrons. The van der Waals surface area contributed by atoms with Crippen molar-refractivity contribution in [3.63, 3.8) is 0 Å². The van der Waals surface area contributed by atoms with Crippen molar-refractivity contribution in [1.29, 1.82) is 0 Å². The zero-order chi connectivity index (χ0) is 13.4. The van der Waals surface area contributed by atoms with Crippen molar-refractivity contribution in [3.05, 3.63) is 60.2 Å². The first-order valence-corrected chi connectivity index (χ1v) is 6.63. The molecule has 0 saturated carbocycles. The molecular formula is C18H16O. The number of carbonyl (C=O) groups excluding carboxylic acids is 1. The summed E-state index contributed by atoms with van der Waals surface area (Å²) < 4.78 is 0. The van der Waals surface area contributed by atoms with Crippen molar-refractivity contribution in [2.75, 3.05) is 0 Å². The van der Waals surface area contributed by atoms with Crippen LogP contribution in [0.15, 0.2) is 54.6 Å². The molecule has 0 aliphatic heterocycles. The molecule has 1 nitrogen and oxygen atoms in total. The Kier molecular flexibility index (Phi) is 2.83. The first kappa shape index (κ1) is 11.9. The summed E-state index contributed by atoms with van der Waals surface area (Å²) in [5, 5.41) is 4.37. The highest BCUT2D eigenvalue weighted by atomic mass is 16.1. The Bertz CT molecular complexity index is 715. The normalized spacial score (nSPS) is 11.3. The van der Waals surface area contributed by atoms with Gasteiger partial charge < -0.3 is 0 Å². The van der Waals surface area contributed by atoms with E-state index in [1.54, 1.807) is 0 Å². The Morgan fingerprint density at radius 3 is 1.79 bits per heavy atom. The van der Waals surface area contributed by atoms with Gasteiger partial charge >= 0.3 is 0 Å². The van der Waals surface area contributed by atoms with Crippen LogP contribution in [0.1, 0.15) is 24.2 Å². The maximum Gasteiger partial charge on any atom is 0.166 e. The molecule has 1 heteroatoms. The summed E-state index contributed by atoms with van der Waals surface area (Å²) in [5.41, 5.74) is 0.865. The highest BCUT2D eigenvalue weighted by Crippen LogP contribution is 2.30. The van der Waals surface area contributed by atoms with E-state index in [9.17, 15) is 4.79 Å². The maximum absolute atomic E-state index is 12.6. The fraction of sp³-hybridized carbons (Fsp3) is 0.167. The van der Waals surface area contributed by atoms with Gasteiger partial charge in [-0.3, -0.25) is 4.79 Å². The number of rotatable bonds is 2. The predicted molar refractivity (Wildman–Crippen MR) is 80.6 cm³/mol. The summed E-state index contributed by atoms with van der Waals surface area (Å²) in [5.74, 6) is 0.224. The van der Waals surface area contributed by atoms with Crippen molar-refractivity contribution in [2.24, 2.45) is 5.92 Å². The lowest BCUT2D eigenvalue weighted by Crippen LogP contribution is -2.08. The minimum Gasteiger partial charge on any atom is -0.294 e. The highest BCUT2D eigenvalue weighted by molar-refractivity contribution is 6.19. The molecule has 0 aliphatic carbocycles. The van der Waals surface area contributed by atoms with Gasteiger partial charge in [0.25, 0.3) is 0 Å². The molecule has 0 saturated heterocycles. The van der Waals surface area contributed by atoms with Gasteiger partial charge in [-0.1, -0.05) is 62.4 Å². The second-order valence-corrected chi connectivity index (χ2v) is 5.21. The van der Waals surface area contributed by atoms with Gasteiger partial charge in [-0.15, -0.1) is 0 Å². The molecular weight excluding hydrogens is 232 g/mol. The molecule has 0 heterocycles. The zero-order valence-corrected chi connectivity index (χ0v) is 11.2. The standard InChI is InChI=1S/C18H16O/c1-12(2)18(19)17-15-9-5-3-7-13(15)11-14-8-4-6-10-16(14)17/h3-12H,1-2H3. The number of hydrogen-bond donors (Lipinski definition) is 0. The van der Waals surface area contributed by atoms with Crippen molar-refractivity contribution < 1.29 is 4.79 Å². The maximum atomic E-state index is 12.6. The van der Waals surface area contributed by atoms with E-state index in [-0.39, 0.29) is 11.7 Å². The average molecular weight is 248 g/mol. The smallest absolute Gasteiger partial charge is 0.166 e. The van der Waals surface area contributed by atoms with Crippen LogP contribution in [0.25, 0.3) is 21.5 Å². The van der Waals surface area contributed by atoms with Crippen LogP contribution in [0.2, 0.25) is 0 Å². The largest absolute Gasteiger partial charge is 0.294 e. The highest BCUT2D eigenvalue weighted by Gasteiger charge is 2.17. The first-order chi connectivity index (χ1) is 9.18. The van der Waals surface area contributed by atoms with Crippen molar-refractivity contribution in [3.8, 4) is 0 Å². The van der Waals surface area contributed by atoms with Crippen molar-refractivity contribution in [2.45, 2.75) is 13.8 Å². The van der Waals surface area contributed by atoms with Gasteiger partial charge in [0.15, 0.2) is 5.78 Å². The molecule has 3 aromatic carbocycles. The zero-order valence-electron chi connectivity index (χ0n) is 11.2. The van der Waals surface area contributed by atoms with Crippen LogP contribution in [-0.4, -0.2) is 5.78 Å². The molecule has 0 aliphatic rings. The van der Waals surface area contributed by atoms with Crippen LogP contribution in [0.3, 0.4) is 0 Å². The van der Waals surface area contributed by atoms with Gasteiger partial charge in [0.2, 0.25) is 0 Å². The fourth-order valence-corrected chi connectivity index (χ4v) is 2.57. The molecule has 19 heavy (non-hydrogen) atoms. The van der Waals surface area contributed by atoms with Crippen molar-refractivity contribution in [1.82, 2.24) is 0 Å². The quantitative estimate of drug-likeness (QED) is 0.469. The van der Waals surface area contributed by atoms with E-state index in [0.717, 1.165) is 27.1 Å². The Morgan fingerprint density at radius 1 is 0.842 bits per heavy atom. The van der Waals surface area contributed by atoms with Gasteiger partial charge in [-0.05, 0) is 27.6 Å². The summed E-state index contributed by atoms with van der Waals surface area (Å²) in [6.07, 6.45) is 0. The molecule has 0 radical (unpaired) electrons. The summed E-state index contributed by atoms with van der Waals surface area (Å²) in [6.45, 7) is 3.91. The van der Waals surface area contributed by atoms with E-state index in [2.05, 4.69) is 18.2 Å². The molecule has 0 spiro atoms. The summed E-state index contributed by atoms with van der Waals surface area (Å²) >= 11 is 0. The number of carbonyl (C=O) groups is 1. The van der Waals surface area contributed by atoms with Crippen LogP contribution >= 0.6 is 0 Å². The van der Waals surface area contributed by atoms with Crippen LogP contribution < -0.4 is 0 Å². The van der Waals surface area contributed by atoms with E-state index in [1.165, 1.54) is 0 Å². The second-order valence-electron chi connectivity index (χ2n) is 5.21. The van der Waals surface area contributed by atoms with Crippen LogP contribution in [0.4, 0.5) is 0 Å². The molecule has 0 bridgehead atoms. The van der Waals surface area contributed by atoms with Crippen LogP contribution in [-0.2, 0) is 0 Å². The van der Waals surface area contributed by atoms with E-state index in [4.69, 9.17) is 0 Å². The molecule has 0 atom stereocenters. The van der Waals surface area contributed by atoms with Gasteiger partial charge in [-0.25, -0.2) is 0 Å². The number of ketones is 1. The minimum absolute atomic E-state index is 0.00853. The van der Waals surface area contributed by atoms with E-state index in [0.29, 0.717) is 0 Å². The lowest BCUT2D eigenvalue weighted by atomic mass is 9.90. The van der Waals surface area contributed by atoms with E-state index < -0.39 is 0 Å². The third-order valence-corrected chi connectivity index (χ3v) is 3.54. The molecule has 0 aromatic heterocycles. The van der Waals surface area contributed by atoms with Crippen LogP contribution in [0.5, 0.6) is 0 Å². The molecule has 0 unspecified atom stereocenters. The summed E-state index contributed by atoms with van der Waals surface area (Å²) in [4.78, 5) is 12.6. The third kappa shape index (κ3) is 1.91. The predicted octanol–water partition coefficient (Wildman–Crippen LogP) is 4.83. The van der Waals surface area contributed by atoms with Gasteiger partial charge in [-0.2, -0.15) is 0 Å². The molecule has 0 fully saturated rings. The molecule has 3 rings (SSSR count). The second kappa shape index (κ2) is 4.51. The monoisotopic (exact) mass is 248 g/mol. The minimum atomic E-state index is 0.00853. The number of Topliss-reactive ketones (excluding diaryl/α,β-unsaturated/α-hetero) is 1. The first-order valence-electron chi connectivity index (χ1n) is 6.63. The van der Waals surface area contributed by atoms with Gasteiger partial charge in [0, 0.05) is 11.5 Å². The number of benzene rings is 3. The SMILES string of the molecule is CC(C)C(=O)c1c2ccccc2cc2ccccc12. The summed E-state index contributed by atoms with van der Waals surface area (Å²) in [6, 6.07) is 18.4. The Labute approximate surface area is 112 Å². The lowest BCUT2D eigenvalue weighted by Gasteiger charge is -2.12.